The molecule has 0 bridgehead atoms. The summed E-state index contributed by atoms with van der Waals surface area (Å²) in [7, 11) is 1.86. The second-order valence-corrected chi connectivity index (χ2v) is 6.68. The van der Waals surface area contributed by atoms with E-state index >= 15 is 0 Å². The van der Waals surface area contributed by atoms with Gasteiger partial charge in [0.2, 0.25) is 0 Å². The molecule has 7 heteroatoms. The monoisotopic (exact) mass is 349 g/mol. The maximum atomic E-state index is 13.4. The Labute approximate surface area is 142 Å². The van der Waals surface area contributed by atoms with Gasteiger partial charge in [0.05, 0.1) is 5.69 Å². The van der Waals surface area contributed by atoms with Gasteiger partial charge in [-0.25, -0.2) is 13.8 Å². The standard InChI is InChI=1S/C17H17F2N3OS/c1-10-9-24-17-20-13(7-16(23)22(10)17)8-21(3)11(2)12-4-5-14(18)15(19)6-12/h4-7,9,11H,8H2,1-3H3. The molecule has 1 aromatic carbocycles. The molecule has 0 saturated heterocycles. The van der Waals surface area contributed by atoms with Crippen molar-refractivity contribution in [1.29, 1.82) is 0 Å². The first-order valence-corrected chi connectivity index (χ1v) is 8.36. The molecule has 2 aromatic heterocycles. The van der Waals surface area contributed by atoms with E-state index in [2.05, 4.69) is 4.98 Å². The zero-order valence-corrected chi connectivity index (χ0v) is 14.4. The molecule has 0 saturated carbocycles. The molecule has 2 heterocycles. The number of rotatable bonds is 4. The average Bonchev–Trinajstić information content (AvgIpc) is 2.91. The van der Waals surface area contributed by atoms with E-state index in [1.54, 1.807) is 10.5 Å². The van der Waals surface area contributed by atoms with Crippen LogP contribution in [0.3, 0.4) is 0 Å². The molecule has 0 spiro atoms. The summed E-state index contributed by atoms with van der Waals surface area (Å²) in [6, 6.07) is 5.25. The van der Waals surface area contributed by atoms with Gasteiger partial charge in [-0.05, 0) is 38.6 Å². The number of fused-ring (bicyclic) bond motifs is 1. The molecule has 0 amide bonds. The third kappa shape index (κ3) is 3.09. The predicted octanol–water partition coefficient (Wildman–Crippen LogP) is 3.54. The Hall–Kier alpha value is -2.12. The van der Waals surface area contributed by atoms with Crippen molar-refractivity contribution in [3.63, 3.8) is 0 Å². The molecule has 0 fully saturated rings. The maximum absolute atomic E-state index is 13.4. The first-order valence-electron chi connectivity index (χ1n) is 7.49. The molecule has 0 N–H and O–H groups in total. The molecular formula is C17H17F2N3OS. The Morgan fingerprint density at radius 3 is 2.75 bits per heavy atom. The molecule has 3 rings (SSSR count). The molecule has 0 radical (unpaired) electrons. The van der Waals surface area contributed by atoms with Crippen molar-refractivity contribution in [3.8, 4) is 0 Å². The van der Waals surface area contributed by atoms with Gasteiger partial charge in [-0.1, -0.05) is 6.07 Å². The van der Waals surface area contributed by atoms with Crippen LogP contribution in [0.5, 0.6) is 0 Å². The largest absolute Gasteiger partial charge is 0.294 e. The lowest BCUT2D eigenvalue weighted by Crippen LogP contribution is -2.24. The topological polar surface area (TPSA) is 37.6 Å². The predicted molar refractivity (Wildman–Crippen MR) is 90.3 cm³/mol. The van der Waals surface area contributed by atoms with E-state index in [1.165, 1.54) is 23.5 Å². The van der Waals surface area contributed by atoms with Gasteiger partial charge in [0.25, 0.3) is 5.56 Å². The second kappa shape index (κ2) is 6.41. The van der Waals surface area contributed by atoms with Gasteiger partial charge in [0.15, 0.2) is 16.6 Å². The van der Waals surface area contributed by atoms with E-state index < -0.39 is 11.6 Å². The summed E-state index contributed by atoms with van der Waals surface area (Å²) in [6.45, 7) is 4.19. The van der Waals surface area contributed by atoms with Crippen molar-refractivity contribution < 1.29 is 8.78 Å². The van der Waals surface area contributed by atoms with Crippen molar-refractivity contribution in [2.45, 2.75) is 26.4 Å². The van der Waals surface area contributed by atoms with Crippen molar-refractivity contribution in [2.24, 2.45) is 0 Å². The van der Waals surface area contributed by atoms with Crippen LogP contribution < -0.4 is 5.56 Å². The number of hydrogen-bond donors (Lipinski definition) is 0. The van der Waals surface area contributed by atoms with Crippen LogP contribution in [0, 0.1) is 18.6 Å². The van der Waals surface area contributed by atoms with E-state index in [-0.39, 0.29) is 11.6 Å². The Morgan fingerprint density at radius 1 is 1.29 bits per heavy atom. The highest BCUT2D eigenvalue weighted by Gasteiger charge is 2.16. The number of hydrogen-bond acceptors (Lipinski definition) is 4. The van der Waals surface area contributed by atoms with Crippen LogP contribution in [-0.2, 0) is 6.54 Å². The van der Waals surface area contributed by atoms with E-state index in [0.29, 0.717) is 22.8 Å². The van der Waals surface area contributed by atoms with Crippen LogP contribution >= 0.6 is 11.3 Å². The minimum Gasteiger partial charge on any atom is -0.294 e. The normalized spacial score (nSPS) is 12.9. The van der Waals surface area contributed by atoms with Crippen LogP contribution in [0.1, 0.15) is 29.9 Å². The summed E-state index contributed by atoms with van der Waals surface area (Å²) < 4.78 is 28.1. The Balaban J connectivity index is 1.84. The van der Waals surface area contributed by atoms with Crippen molar-refractivity contribution >= 4 is 16.3 Å². The highest BCUT2D eigenvalue weighted by Crippen LogP contribution is 2.22. The van der Waals surface area contributed by atoms with E-state index in [9.17, 15) is 13.6 Å². The summed E-state index contributed by atoms with van der Waals surface area (Å²) in [5, 5.41) is 1.89. The van der Waals surface area contributed by atoms with Gasteiger partial charge in [-0.15, -0.1) is 11.3 Å². The van der Waals surface area contributed by atoms with Gasteiger partial charge >= 0.3 is 0 Å². The van der Waals surface area contributed by atoms with Gasteiger partial charge in [-0.2, -0.15) is 0 Å². The van der Waals surface area contributed by atoms with Gasteiger partial charge in [0, 0.05) is 29.7 Å². The quantitative estimate of drug-likeness (QED) is 0.723. The number of aromatic nitrogens is 2. The molecule has 24 heavy (non-hydrogen) atoms. The SMILES string of the molecule is Cc1csc2nc(CN(C)C(C)c3ccc(F)c(F)c3)cc(=O)n12. The molecule has 0 aliphatic heterocycles. The number of thiazole rings is 1. The number of nitrogens with zero attached hydrogens (tertiary/aromatic N) is 3. The third-order valence-electron chi connectivity index (χ3n) is 4.13. The van der Waals surface area contributed by atoms with Crippen molar-refractivity contribution in [2.75, 3.05) is 7.05 Å². The van der Waals surface area contributed by atoms with Crippen molar-refractivity contribution in [1.82, 2.24) is 14.3 Å². The van der Waals surface area contributed by atoms with Gasteiger partial charge in [0.1, 0.15) is 0 Å². The molecule has 0 aliphatic carbocycles. The highest BCUT2D eigenvalue weighted by molar-refractivity contribution is 7.15. The lowest BCUT2D eigenvalue weighted by Gasteiger charge is -2.24. The summed E-state index contributed by atoms with van der Waals surface area (Å²) in [5.74, 6) is -1.72. The lowest BCUT2D eigenvalue weighted by molar-refractivity contribution is 0.249. The summed E-state index contributed by atoms with van der Waals surface area (Å²) in [6.07, 6.45) is 0. The number of halogens is 2. The molecule has 4 nitrogen and oxygen atoms in total. The fraction of sp³-hybridized carbons (Fsp3) is 0.294. The minimum absolute atomic E-state index is 0.109. The minimum atomic E-state index is -0.861. The van der Waals surface area contributed by atoms with E-state index in [0.717, 1.165) is 11.8 Å². The second-order valence-electron chi connectivity index (χ2n) is 5.85. The third-order valence-corrected chi connectivity index (χ3v) is 5.07. The van der Waals surface area contributed by atoms with Crippen LogP contribution in [0.4, 0.5) is 8.78 Å². The van der Waals surface area contributed by atoms with Crippen LogP contribution in [0.15, 0.2) is 34.4 Å². The van der Waals surface area contributed by atoms with Crippen molar-refractivity contribution in [3.05, 3.63) is 68.6 Å². The molecule has 1 unspecified atom stereocenters. The van der Waals surface area contributed by atoms with E-state index in [4.69, 9.17) is 0 Å². The molecule has 0 aliphatic rings. The summed E-state index contributed by atoms with van der Waals surface area (Å²) in [4.78, 5) is 19.3. The fourth-order valence-electron chi connectivity index (χ4n) is 2.60. The molecule has 3 aromatic rings. The smallest absolute Gasteiger partial charge is 0.259 e. The zero-order valence-electron chi connectivity index (χ0n) is 13.6. The first kappa shape index (κ1) is 16.7. The average molecular weight is 349 g/mol. The summed E-state index contributed by atoms with van der Waals surface area (Å²) >= 11 is 1.42. The highest BCUT2D eigenvalue weighted by atomic mass is 32.1. The van der Waals surface area contributed by atoms with Gasteiger partial charge in [-0.3, -0.25) is 14.1 Å². The Morgan fingerprint density at radius 2 is 2.04 bits per heavy atom. The summed E-state index contributed by atoms with van der Waals surface area (Å²) in [5.41, 5.74) is 2.07. The van der Waals surface area contributed by atoms with Crippen LogP contribution in [0.25, 0.3) is 4.96 Å². The van der Waals surface area contributed by atoms with Crippen LogP contribution in [0.2, 0.25) is 0 Å². The molecule has 126 valence electrons. The number of benzene rings is 1. The van der Waals surface area contributed by atoms with E-state index in [1.807, 2.05) is 31.2 Å². The number of aryl methyl sites for hydroxylation is 1. The fourth-order valence-corrected chi connectivity index (χ4v) is 3.49. The van der Waals surface area contributed by atoms with Gasteiger partial charge < -0.3 is 0 Å². The maximum Gasteiger partial charge on any atom is 0.259 e. The first-order chi connectivity index (χ1) is 11.4. The zero-order chi connectivity index (χ0) is 17.4. The lowest BCUT2D eigenvalue weighted by atomic mass is 10.1. The Kier molecular flexibility index (Phi) is 4.47. The molecular weight excluding hydrogens is 332 g/mol. The molecule has 1 atom stereocenters. The van der Waals surface area contributed by atoms with Crippen LogP contribution in [-0.4, -0.2) is 21.3 Å². The Bertz CT molecular complexity index is 951.